The maximum atomic E-state index is 10.9. The van der Waals surface area contributed by atoms with Crippen LogP contribution in [0.25, 0.3) is 0 Å². The van der Waals surface area contributed by atoms with Crippen molar-refractivity contribution in [2.75, 3.05) is 18.8 Å². The third kappa shape index (κ3) is 12.7. The topological polar surface area (TPSA) is 46.2 Å². The van der Waals surface area contributed by atoms with Crippen molar-refractivity contribution in [3.8, 4) is 0 Å². The van der Waals surface area contributed by atoms with Crippen molar-refractivity contribution >= 4 is 30.4 Å². The third-order valence-corrected chi connectivity index (χ3v) is 3.51. The number of sulfone groups is 1. The molecule has 0 bridgehead atoms. The molecule has 0 aliphatic carbocycles. The van der Waals surface area contributed by atoms with E-state index in [0.29, 0.717) is 6.54 Å². The predicted molar refractivity (Wildman–Crippen MR) is 65.2 cm³/mol. The molecule has 1 N–H and O–H groups in total. The number of hydrogen-bond donors (Lipinski definition) is 1. The van der Waals surface area contributed by atoms with Gasteiger partial charge in [0.25, 0.3) is 0 Å². The van der Waals surface area contributed by atoms with Gasteiger partial charge in [0.1, 0.15) is 0 Å². The Balaban J connectivity index is 0. The molecule has 0 rings (SSSR count). The van der Waals surface area contributed by atoms with Crippen molar-refractivity contribution in [2.45, 2.75) is 12.5 Å². The van der Waals surface area contributed by atoms with Gasteiger partial charge in [0, 0.05) is 22.2 Å². The third-order valence-electron chi connectivity index (χ3n) is 1.52. The van der Waals surface area contributed by atoms with Crippen molar-refractivity contribution < 1.29 is 24.0 Å². The molecule has 0 aliphatic heterocycles. The molecule has 0 amide bonds. The molecule has 0 aliphatic rings. The van der Waals surface area contributed by atoms with Gasteiger partial charge < -0.3 is 5.32 Å². The molecule has 0 heterocycles. The molecule has 0 atom stereocenters. The van der Waals surface area contributed by atoms with Crippen LogP contribution in [0.3, 0.4) is 0 Å². The maximum absolute atomic E-state index is 10.9. The fourth-order valence-corrected chi connectivity index (χ4v) is 1.67. The number of nitrogens with one attached hydrogen (secondary N) is 1. The second-order valence-corrected chi connectivity index (χ2v) is 5.70. The Morgan fingerprint density at radius 1 is 1.64 bits per heavy atom. The summed E-state index contributed by atoms with van der Waals surface area (Å²) in [6.45, 7) is 4.70. The second-order valence-electron chi connectivity index (χ2n) is 2.64. The van der Waals surface area contributed by atoms with Gasteiger partial charge >= 0.3 is 26.7 Å². The summed E-state index contributed by atoms with van der Waals surface area (Å²) in [5.41, 5.74) is 0. The van der Waals surface area contributed by atoms with E-state index in [1.54, 1.807) is 0 Å². The fourth-order valence-electron chi connectivity index (χ4n) is 0.725. The first-order valence-electron chi connectivity index (χ1n) is 4.81. The van der Waals surface area contributed by atoms with E-state index in [2.05, 4.69) is 22.2 Å². The molecule has 0 fully saturated rings. The van der Waals surface area contributed by atoms with Crippen molar-refractivity contribution in [3.63, 3.8) is 0 Å². The number of hydrogen-bond acceptors (Lipinski definition) is 4. The minimum absolute atomic E-state index is 0.164. The van der Waals surface area contributed by atoms with Crippen molar-refractivity contribution in [1.29, 1.82) is 0.879 Å². The van der Waals surface area contributed by atoms with Crippen LogP contribution in [-0.2, 0) is 25.4 Å². The van der Waals surface area contributed by atoms with Crippen LogP contribution in [0, 0.1) is 0 Å². The van der Waals surface area contributed by atoms with Gasteiger partial charge in [-0.05, 0) is 13.0 Å². The van der Waals surface area contributed by atoms with Gasteiger partial charge in [-0.1, -0.05) is 12.6 Å². The molecule has 0 saturated heterocycles. The predicted octanol–water partition coefficient (Wildman–Crippen LogP) is -0.314. The van der Waals surface area contributed by atoms with Crippen LogP contribution in [0.2, 0.25) is 6.04 Å². The Labute approximate surface area is 104 Å². The summed E-state index contributed by atoms with van der Waals surface area (Å²) >= 11 is -0.479. The van der Waals surface area contributed by atoms with Crippen LogP contribution in [0.15, 0.2) is 12.0 Å². The van der Waals surface area contributed by atoms with E-state index >= 15 is 0 Å². The van der Waals surface area contributed by atoms with Crippen LogP contribution in [0.1, 0.15) is 6.42 Å². The van der Waals surface area contributed by atoms with Gasteiger partial charge in [-0.25, -0.2) is 8.42 Å². The Hall–Kier alpha value is 0.671. The molecule has 7 heteroatoms. The average Bonchev–Trinajstić information content (AvgIpc) is 2.19. The quantitative estimate of drug-likeness (QED) is 0.516. The summed E-state index contributed by atoms with van der Waals surface area (Å²) in [5, 5.41) is 4.09. The Kier molecular flexibility index (Phi) is 12.3. The average molecular weight is 292 g/mol. The van der Waals surface area contributed by atoms with Crippen LogP contribution in [0.5, 0.6) is 0 Å². The first-order valence-corrected chi connectivity index (χ1v) is 9.57. The summed E-state index contributed by atoms with van der Waals surface area (Å²) in [5.74, 6) is 0.164. The van der Waals surface area contributed by atoms with E-state index in [1.165, 1.54) is 16.3 Å². The van der Waals surface area contributed by atoms with Crippen LogP contribution in [0.4, 0.5) is 0 Å². The Morgan fingerprint density at radius 3 is 2.64 bits per heavy atom. The first kappa shape index (κ1) is 14.7. The van der Waals surface area contributed by atoms with Gasteiger partial charge in [-0.15, -0.1) is 0 Å². The summed E-state index contributed by atoms with van der Waals surface area (Å²) in [7, 11) is 2.38. The molecular formula is C7H18NO2S2SiV. The zero-order valence-electron chi connectivity index (χ0n) is 9.40. The van der Waals surface area contributed by atoms with E-state index in [4.69, 9.17) is 0.879 Å². The zero-order chi connectivity index (χ0) is 12.2. The van der Waals surface area contributed by atoms with Crippen molar-refractivity contribution in [3.05, 3.63) is 12.0 Å². The molecule has 0 aromatic rings. The van der Waals surface area contributed by atoms with Gasteiger partial charge in [-0.2, -0.15) is 0 Å². The fraction of sp³-hybridized carbons (Fsp3) is 0.714. The molecule has 0 saturated carbocycles. The van der Waals surface area contributed by atoms with Crippen LogP contribution >= 0.6 is 10.3 Å². The van der Waals surface area contributed by atoms with E-state index in [0.717, 1.165) is 18.4 Å². The molecule has 3 nitrogen and oxygen atoms in total. The molecule has 0 aromatic heterocycles. The number of rotatable bonds is 7. The van der Waals surface area contributed by atoms with Gasteiger partial charge in [0.05, 0.1) is 5.75 Å². The van der Waals surface area contributed by atoms with Crippen LogP contribution in [-0.4, -0.2) is 38.4 Å². The van der Waals surface area contributed by atoms with Gasteiger partial charge in [0.2, 0.25) is 0 Å². The Morgan fingerprint density at radius 2 is 2.21 bits per heavy atom. The van der Waals surface area contributed by atoms with Crippen LogP contribution < -0.4 is 5.32 Å². The Bertz CT molecular complexity index is 262. The van der Waals surface area contributed by atoms with Gasteiger partial charge in [0.15, 0.2) is 9.84 Å². The summed E-state index contributed by atoms with van der Waals surface area (Å²) in [6, 6.07) is 1.27. The SMILES string of the molecule is C=CS(=O)(=O)CCNCCC[SiH3].[2H][V]=[S]. The molecule has 0 spiro atoms. The standard InChI is InChI=1S/C7H17NO2SSi.S.V.H/c1-2-11(9,10)6-5-8-4-3-7-12;;;/h2,8H,1,3-7H2,12H3;;;/i;;;1+1. The summed E-state index contributed by atoms with van der Waals surface area (Å²) in [4.78, 5) is 0. The first-order chi connectivity index (χ1) is 7.04. The summed E-state index contributed by atoms with van der Waals surface area (Å²) < 4.78 is 27.9. The molecule has 84 valence electrons. The molecule has 0 unspecified atom stereocenters. The van der Waals surface area contributed by atoms with E-state index in [1.807, 2.05) is 0 Å². The summed E-state index contributed by atoms with van der Waals surface area (Å²) in [6.07, 6.45) is 1.15. The zero-order valence-corrected chi connectivity index (χ0v) is 13.4. The van der Waals surface area contributed by atoms with Gasteiger partial charge in [-0.3, -0.25) is 0 Å². The molecular weight excluding hydrogens is 273 g/mol. The van der Waals surface area contributed by atoms with E-state index < -0.39 is 25.4 Å². The molecule has 0 radical (unpaired) electrons. The molecule has 0 aromatic carbocycles. The molecule has 14 heavy (non-hydrogen) atoms. The van der Waals surface area contributed by atoms with Crippen molar-refractivity contribution in [2.24, 2.45) is 0 Å². The second kappa shape index (κ2) is 11.7. The van der Waals surface area contributed by atoms with E-state index in [9.17, 15) is 8.42 Å². The normalized spacial score (nSPS) is 11.0. The van der Waals surface area contributed by atoms with Crippen molar-refractivity contribution in [1.82, 2.24) is 5.32 Å². The minimum atomic E-state index is -3.00. The monoisotopic (exact) mass is 292 g/mol. The van der Waals surface area contributed by atoms with E-state index in [-0.39, 0.29) is 5.75 Å².